The third-order valence-electron chi connectivity index (χ3n) is 4.10. The first kappa shape index (κ1) is 19.2. The van der Waals surface area contributed by atoms with E-state index in [1.807, 2.05) is 30.3 Å². The maximum Gasteiger partial charge on any atom is 0.247 e. The minimum atomic E-state index is -3.44. The fourth-order valence-electron chi connectivity index (χ4n) is 2.71. The van der Waals surface area contributed by atoms with Gasteiger partial charge < -0.3 is 5.11 Å². The van der Waals surface area contributed by atoms with E-state index in [-0.39, 0.29) is 11.5 Å². The summed E-state index contributed by atoms with van der Waals surface area (Å²) < 4.78 is 23.9. The molecule has 0 aliphatic heterocycles. The van der Waals surface area contributed by atoms with Gasteiger partial charge in [0.15, 0.2) is 0 Å². The molecule has 2 rings (SSSR count). The second kappa shape index (κ2) is 9.42. The molecular formula is C19H26N2O3S. The highest BCUT2D eigenvalue weighted by Crippen LogP contribution is 2.25. The van der Waals surface area contributed by atoms with Gasteiger partial charge in [0.05, 0.1) is 12.0 Å². The standard InChI is InChI=1S/C19H26N2O3S/c1-2-3-4-5-6-9-14-25(23,24)21-20-15-18-17-11-8-7-10-16(17)12-13-19(18)22/h7-8,10-13,15,21-22H,2-6,9,14H2,1H3. The maximum atomic E-state index is 12.0. The van der Waals surface area contributed by atoms with Gasteiger partial charge in [0.1, 0.15) is 5.75 Å². The van der Waals surface area contributed by atoms with Crippen LogP contribution in [0.5, 0.6) is 5.75 Å². The average Bonchev–Trinajstić information content (AvgIpc) is 2.60. The highest BCUT2D eigenvalue weighted by Gasteiger charge is 2.09. The molecule has 0 aliphatic carbocycles. The van der Waals surface area contributed by atoms with Gasteiger partial charge in [-0.2, -0.15) is 5.10 Å². The van der Waals surface area contributed by atoms with Crippen molar-refractivity contribution in [1.82, 2.24) is 4.83 Å². The molecule has 0 spiro atoms. The minimum Gasteiger partial charge on any atom is -0.507 e. The lowest BCUT2D eigenvalue weighted by Gasteiger charge is -2.06. The number of phenols is 1. The van der Waals surface area contributed by atoms with Crippen LogP contribution < -0.4 is 4.83 Å². The van der Waals surface area contributed by atoms with E-state index in [1.54, 1.807) is 6.07 Å². The fraction of sp³-hybridized carbons (Fsp3) is 0.421. The van der Waals surface area contributed by atoms with E-state index in [2.05, 4.69) is 16.9 Å². The van der Waals surface area contributed by atoms with Crippen LogP contribution in [0.25, 0.3) is 10.8 Å². The Bertz CT molecular complexity index is 817. The molecule has 5 nitrogen and oxygen atoms in total. The van der Waals surface area contributed by atoms with Crippen LogP contribution in [0.4, 0.5) is 0 Å². The van der Waals surface area contributed by atoms with Crippen molar-refractivity contribution in [3.63, 3.8) is 0 Å². The molecule has 0 fully saturated rings. The average molecular weight is 362 g/mol. The van der Waals surface area contributed by atoms with Gasteiger partial charge in [0.2, 0.25) is 10.0 Å². The zero-order chi connectivity index (χ0) is 18.1. The summed E-state index contributed by atoms with van der Waals surface area (Å²) >= 11 is 0. The van der Waals surface area contributed by atoms with Crippen LogP contribution in [0.1, 0.15) is 51.0 Å². The second-order valence-electron chi connectivity index (χ2n) is 6.16. The van der Waals surface area contributed by atoms with Crippen LogP contribution in [-0.4, -0.2) is 25.5 Å². The van der Waals surface area contributed by atoms with Crippen LogP contribution >= 0.6 is 0 Å². The molecule has 6 heteroatoms. The van der Waals surface area contributed by atoms with Gasteiger partial charge >= 0.3 is 0 Å². The van der Waals surface area contributed by atoms with Crippen LogP contribution in [0.2, 0.25) is 0 Å². The molecule has 0 saturated carbocycles. The first-order valence-electron chi connectivity index (χ1n) is 8.77. The van der Waals surface area contributed by atoms with Crippen molar-refractivity contribution in [3.8, 4) is 5.75 Å². The SMILES string of the molecule is CCCCCCCCS(=O)(=O)NN=Cc1c(O)ccc2ccccc12. The molecular weight excluding hydrogens is 336 g/mol. The van der Waals surface area contributed by atoms with Gasteiger partial charge in [-0.05, 0) is 23.3 Å². The monoisotopic (exact) mass is 362 g/mol. The van der Waals surface area contributed by atoms with E-state index in [4.69, 9.17) is 0 Å². The van der Waals surface area contributed by atoms with Crippen LogP contribution in [-0.2, 0) is 10.0 Å². The molecule has 136 valence electrons. The fourth-order valence-corrected chi connectivity index (χ4v) is 3.60. The number of nitrogens with zero attached hydrogens (tertiary/aromatic N) is 1. The molecule has 0 bridgehead atoms. The Morgan fingerprint density at radius 3 is 2.56 bits per heavy atom. The zero-order valence-electron chi connectivity index (χ0n) is 14.6. The Hall–Kier alpha value is -2.08. The van der Waals surface area contributed by atoms with Gasteiger partial charge in [-0.3, -0.25) is 0 Å². The molecule has 2 aromatic carbocycles. The predicted octanol–water partition coefficient (Wildman–Crippen LogP) is 4.16. The molecule has 0 atom stereocenters. The summed E-state index contributed by atoms with van der Waals surface area (Å²) in [5.74, 6) is 0.135. The summed E-state index contributed by atoms with van der Waals surface area (Å²) in [6.07, 6.45) is 7.50. The highest BCUT2D eigenvalue weighted by molar-refractivity contribution is 7.89. The Balaban J connectivity index is 1.93. The number of nitrogens with one attached hydrogen (secondary N) is 1. The summed E-state index contributed by atoms with van der Waals surface area (Å²) in [7, 11) is -3.44. The third-order valence-corrected chi connectivity index (χ3v) is 5.31. The van der Waals surface area contributed by atoms with Gasteiger partial charge in [0, 0.05) is 5.56 Å². The van der Waals surface area contributed by atoms with E-state index in [9.17, 15) is 13.5 Å². The topological polar surface area (TPSA) is 78.8 Å². The van der Waals surface area contributed by atoms with Crippen LogP contribution in [0.15, 0.2) is 41.5 Å². The predicted molar refractivity (Wildman–Crippen MR) is 104 cm³/mol. The molecule has 0 aliphatic rings. The van der Waals surface area contributed by atoms with E-state index >= 15 is 0 Å². The number of hydrogen-bond acceptors (Lipinski definition) is 4. The van der Waals surface area contributed by atoms with Gasteiger partial charge in [-0.25, -0.2) is 13.2 Å². The molecule has 0 radical (unpaired) electrons. The number of benzene rings is 2. The van der Waals surface area contributed by atoms with E-state index in [1.165, 1.54) is 19.1 Å². The van der Waals surface area contributed by atoms with E-state index in [0.29, 0.717) is 12.0 Å². The van der Waals surface area contributed by atoms with Gasteiger partial charge in [-0.15, -0.1) is 0 Å². The molecule has 0 unspecified atom stereocenters. The quantitative estimate of drug-likeness (QED) is 0.378. The Labute approximate surface area is 149 Å². The number of hydrazone groups is 1. The first-order valence-corrected chi connectivity index (χ1v) is 10.4. The molecule has 2 N–H and O–H groups in total. The number of hydrogen-bond donors (Lipinski definition) is 2. The molecule has 0 heterocycles. The van der Waals surface area contributed by atoms with Crippen molar-refractivity contribution < 1.29 is 13.5 Å². The van der Waals surface area contributed by atoms with Gasteiger partial charge in [-0.1, -0.05) is 69.4 Å². The van der Waals surface area contributed by atoms with Crippen molar-refractivity contribution in [2.24, 2.45) is 5.10 Å². The first-order chi connectivity index (χ1) is 12.0. The minimum absolute atomic E-state index is 0.0672. The summed E-state index contributed by atoms with van der Waals surface area (Å²) in [6.45, 7) is 2.15. The number of rotatable bonds is 10. The van der Waals surface area contributed by atoms with Crippen molar-refractivity contribution in [3.05, 3.63) is 42.0 Å². The van der Waals surface area contributed by atoms with E-state index in [0.717, 1.165) is 30.0 Å². The number of unbranched alkanes of at least 4 members (excludes halogenated alkanes) is 5. The van der Waals surface area contributed by atoms with Crippen LogP contribution in [0, 0.1) is 0 Å². The molecule has 25 heavy (non-hydrogen) atoms. The lowest BCUT2D eigenvalue weighted by Crippen LogP contribution is -2.21. The normalized spacial score (nSPS) is 12.0. The lowest BCUT2D eigenvalue weighted by molar-refractivity contribution is 0.475. The maximum absolute atomic E-state index is 12.0. The van der Waals surface area contributed by atoms with Gasteiger partial charge in [0.25, 0.3) is 0 Å². The smallest absolute Gasteiger partial charge is 0.247 e. The Morgan fingerprint density at radius 2 is 1.76 bits per heavy atom. The lowest BCUT2D eigenvalue weighted by atomic mass is 10.0. The van der Waals surface area contributed by atoms with E-state index < -0.39 is 10.0 Å². The number of phenolic OH excluding ortho intramolecular Hbond substituents is 1. The van der Waals surface area contributed by atoms with Crippen molar-refractivity contribution in [2.45, 2.75) is 45.4 Å². The highest BCUT2D eigenvalue weighted by atomic mass is 32.2. The Kier molecular flexibility index (Phi) is 7.25. The summed E-state index contributed by atoms with van der Waals surface area (Å²) in [4.78, 5) is 2.23. The zero-order valence-corrected chi connectivity index (χ0v) is 15.4. The summed E-state index contributed by atoms with van der Waals surface area (Å²) in [6, 6.07) is 10.9. The van der Waals surface area contributed by atoms with Crippen molar-refractivity contribution in [1.29, 1.82) is 0 Å². The summed E-state index contributed by atoms with van der Waals surface area (Å²) in [5, 5.41) is 15.6. The van der Waals surface area contributed by atoms with Crippen LogP contribution in [0.3, 0.4) is 0 Å². The van der Waals surface area contributed by atoms with Crippen molar-refractivity contribution in [2.75, 3.05) is 5.75 Å². The second-order valence-corrected chi connectivity index (χ2v) is 7.98. The largest absolute Gasteiger partial charge is 0.507 e. The number of fused-ring (bicyclic) bond motifs is 1. The molecule has 0 aromatic heterocycles. The Morgan fingerprint density at radius 1 is 1.04 bits per heavy atom. The number of aromatic hydroxyl groups is 1. The third kappa shape index (κ3) is 6.05. The molecule has 0 amide bonds. The molecule has 2 aromatic rings. The molecule has 0 saturated heterocycles. The number of sulfonamides is 1. The van der Waals surface area contributed by atoms with Crippen molar-refractivity contribution >= 4 is 27.0 Å². The summed E-state index contributed by atoms with van der Waals surface area (Å²) in [5.41, 5.74) is 0.500.